The van der Waals surface area contributed by atoms with E-state index in [1.165, 1.54) is 51.4 Å². The predicted molar refractivity (Wildman–Crippen MR) is 80.8 cm³/mol. The van der Waals surface area contributed by atoms with Crippen LogP contribution in [0.15, 0.2) is 23.8 Å². The average Bonchev–Trinajstić information content (AvgIpc) is 2.79. The van der Waals surface area contributed by atoms with Crippen molar-refractivity contribution < 1.29 is 0 Å². The Morgan fingerprint density at radius 1 is 1.11 bits per heavy atom. The fourth-order valence-electron chi connectivity index (χ4n) is 6.11. The molecule has 2 fully saturated rings. The summed E-state index contributed by atoms with van der Waals surface area (Å²) in [6.07, 6.45) is 19.3. The molecular formula is C19H28. The molecule has 0 amide bonds. The molecule has 2 saturated carbocycles. The second-order valence-electron chi connectivity index (χ2n) is 8.16. The molecule has 5 atom stereocenters. The topological polar surface area (TPSA) is 0 Å². The van der Waals surface area contributed by atoms with Gasteiger partial charge in [0.2, 0.25) is 0 Å². The zero-order valence-corrected chi connectivity index (χ0v) is 12.6. The smallest absolute Gasteiger partial charge is 0.00936 e. The third-order valence-corrected chi connectivity index (χ3v) is 7.27. The van der Waals surface area contributed by atoms with E-state index in [4.69, 9.17) is 0 Å². The Bertz CT molecular complexity index is 443. The van der Waals surface area contributed by atoms with Crippen LogP contribution in [-0.4, -0.2) is 0 Å². The van der Waals surface area contributed by atoms with Crippen LogP contribution in [0.1, 0.15) is 65.2 Å². The van der Waals surface area contributed by atoms with Crippen molar-refractivity contribution in [2.24, 2.45) is 28.6 Å². The molecule has 0 heterocycles. The highest BCUT2D eigenvalue weighted by atomic mass is 14.6. The zero-order valence-electron chi connectivity index (χ0n) is 12.6. The lowest BCUT2D eigenvalue weighted by molar-refractivity contribution is 0.0844. The van der Waals surface area contributed by atoms with Gasteiger partial charge in [-0.05, 0) is 68.1 Å². The first-order valence-corrected chi connectivity index (χ1v) is 8.52. The summed E-state index contributed by atoms with van der Waals surface area (Å²) in [5.41, 5.74) is 2.92. The number of hydrogen-bond acceptors (Lipinski definition) is 0. The third-order valence-electron chi connectivity index (χ3n) is 7.27. The van der Waals surface area contributed by atoms with Gasteiger partial charge in [0.1, 0.15) is 0 Å². The van der Waals surface area contributed by atoms with Crippen LogP contribution in [0.2, 0.25) is 0 Å². The molecule has 0 saturated heterocycles. The van der Waals surface area contributed by atoms with E-state index in [9.17, 15) is 0 Å². The standard InChI is InChI=1S/C19H28/c1-18-11-5-7-16(18)15-9-8-14-6-3-4-12-19(14,2)17(15)10-13-18/h4,10,12,14-16H,3,5-9,11,13H2,1-2H3/t14?,15-,16-,18-,19-/m0/s1. The predicted octanol–water partition coefficient (Wildman–Crippen LogP) is 5.51. The minimum atomic E-state index is 0.422. The van der Waals surface area contributed by atoms with Crippen molar-refractivity contribution in [3.63, 3.8) is 0 Å². The Morgan fingerprint density at radius 2 is 2.00 bits per heavy atom. The lowest BCUT2D eigenvalue weighted by Gasteiger charge is -2.54. The van der Waals surface area contributed by atoms with Crippen LogP contribution in [0, 0.1) is 28.6 Å². The molecule has 0 nitrogen and oxygen atoms in total. The largest absolute Gasteiger partial charge is 0.0876 e. The first-order chi connectivity index (χ1) is 9.13. The van der Waals surface area contributed by atoms with Crippen molar-refractivity contribution >= 4 is 0 Å². The van der Waals surface area contributed by atoms with Crippen molar-refractivity contribution in [2.75, 3.05) is 0 Å². The Hall–Kier alpha value is -0.520. The number of hydrogen-bond donors (Lipinski definition) is 0. The first kappa shape index (κ1) is 12.2. The molecule has 4 aliphatic carbocycles. The van der Waals surface area contributed by atoms with Crippen LogP contribution in [-0.2, 0) is 0 Å². The van der Waals surface area contributed by atoms with E-state index in [0.717, 1.165) is 17.8 Å². The maximum atomic E-state index is 2.69. The molecule has 0 aromatic carbocycles. The molecule has 0 aliphatic heterocycles. The molecule has 4 rings (SSSR count). The summed E-state index contributed by atoms with van der Waals surface area (Å²) in [7, 11) is 0. The molecule has 0 aromatic rings. The van der Waals surface area contributed by atoms with Gasteiger partial charge in [-0.15, -0.1) is 0 Å². The Labute approximate surface area is 118 Å². The molecule has 0 N–H and O–H groups in total. The molecule has 0 bridgehead atoms. The minimum absolute atomic E-state index is 0.422. The molecule has 0 radical (unpaired) electrons. The SMILES string of the molecule is C[C@]12CC=C3[C@@H](CCC4CCC=C[C@]34C)[C@@H]1CCC2. The highest BCUT2D eigenvalue weighted by molar-refractivity contribution is 5.33. The highest BCUT2D eigenvalue weighted by Gasteiger charge is 2.52. The van der Waals surface area contributed by atoms with Gasteiger partial charge in [0, 0.05) is 5.41 Å². The minimum Gasteiger partial charge on any atom is -0.0876 e. The summed E-state index contributed by atoms with van der Waals surface area (Å²) in [4.78, 5) is 0. The maximum Gasteiger partial charge on any atom is 0.00936 e. The van der Waals surface area contributed by atoms with Gasteiger partial charge < -0.3 is 0 Å². The van der Waals surface area contributed by atoms with Crippen molar-refractivity contribution in [2.45, 2.75) is 65.2 Å². The first-order valence-electron chi connectivity index (χ1n) is 8.52. The quantitative estimate of drug-likeness (QED) is 0.502. The lowest BCUT2D eigenvalue weighted by atomic mass is 9.51. The van der Waals surface area contributed by atoms with Gasteiger partial charge in [-0.2, -0.15) is 0 Å². The summed E-state index contributed by atoms with van der Waals surface area (Å²) in [5.74, 6) is 2.86. The van der Waals surface area contributed by atoms with Gasteiger partial charge in [-0.3, -0.25) is 0 Å². The summed E-state index contributed by atoms with van der Waals surface area (Å²) in [5, 5.41) is 0. The van der Waals surface area contributed by atoms with Crippen LogP contribution < -0.4 is 0 Å². The van der Waals surface area contributed by atoms with E-state index in [2.05, 4.69) is 32.1 Å². The zero-order chi connectivity index (χ0) is 13.1. The highest BCUT2D eigenvalue weighted by Crippen LogP contribution is 2.62. The van der Waals surface area contributed by atoms with Gasteiger partial charge in [0.05, 0.1) is 0 Å². The van der Waals surface area contributed by atoms with Gasteiger partial charge in [0.15, 0.2) is 0 Å². The number of fused-ring (bicyclic) bond motifs is 5. The Kier molecular flexibility index (Phi) is 2.57. The summed E-state index contributed by atoms with van der Waals surface area (Å²) in [6.45, 7) is 5.12. The molecular weight excluding hydrogens is 228 g/mol. The number of allylic oxidation sites excluding steroid dienone is 4. The number of rotatable bonds is 0. The van der Waals surface area contributed by atoms with Gasteiger partial charge in [-0.25, -0.2) is 0 Å². The van der Waals surface area contributed by atoms with Crippen LogP contribution in [0.4, 0.5) is 0 Å². The molecule has 0 heteroatoms. The summed E-state index contributed by atoms with van der Waals surface area (Å²) >= 11 is 0. The van der Waals surface area contributed by atoms with Crippen molar-refractivity contribution in [1.29, 1.82) is 0 Å². The Balaban J connectivity index is 1.76. The molecule has 0 aromatic heterocycles. The van der Waals surface area contributed by atoms with Crippen molar-refractivity contribution in [3.05, 3.63) is 23.8 Å². The Morgan fingerprint density at radius 3 is 2.89 bits per heavy atom. The van der Waals surface area contributed by atoms with Crippen LogP contribution in [0.25, 0.3) is 0 Å². The van der Waals surface area contributed by atoms with E-state index in [-0.39, 0.29) is 0 Å². The second-order valence-corrected chi connectivity index (χ2v) is 8.16. The average molecular weight is 256 g/mol. The second kappa shape index (κ2) is 3.99. The summed E-state index contributed by atoms with van der Waals surface area (Å²) < 4.78 is 0. The van der Waals surface area contributed by atoms with Gasteiger partial charge >= 0.3 is 0 Å². The van der Waals surface area contributed by atoms with Crippen LogP contribution in [0.5, 0.6) is 0 Å². The molecule has 19 heavy (non-hydrogen) atoms. The van der Waals surface area contributed by atoms with Crippen LogP contribution >= 0.6 is 0 Å². The van der Waals surface area contributed by atoms with Gasteiger partial charge in [0.25, 0.3) is 0 Å². The summed E-state index contributed by atoms with van der Waals surface area (Å²) in [6, 6.07) is 0. The van der Waals surface area contributed by atoms with Gasteiger partial charge in [-0.1, -0.05) is 44.1 Å². The van der Waals surface area contributed by atoms with E-state index < -0.39 is 0 Å². The van der Waals surface area contributed by atoms with E-state index in [0.29, 0.717) is 10.8 Å². The lowest BCUT2D eigenvalue weighted by Crippen LogP contribution is -2.44. The molecule has 104 valence electrons. The molecule has 1 unspecified atom stereocenters. The van der Waals surface area contributed by atoms with Crippen LogP contribution in [0.3, 0.4) is 0 Å². The van der Waals surface area contributed by atoms with Crippen molar-refractivity contribution in [3.8, 4) is 0 Å². The normalized spacial score (nSPS) is 52.1. The maximum absolute atomic E-state index is 2.69. The molecule has 0 spiro atoms. The van der Waals surface area contributed by atoms with E-state index >= 15 is 0 Å². The third kappa shape index (κ3) is 1.58. The van der Waals surface area contributed by atoms with E-state index in [1.807, 2.05) is 5.57 Å². The van der Waals surface area contributed by atoms with E-state index in [1.54, 1.807) is 0 Å². The van der Waals surface area contributed by atoms with Crippen molar-refractivity contribution in [1.82, 2.24) is 0 Å². The fourth-order valence-corrected chi connectivity index (χ4v) is 6.11. The molecule has 4 aliphatic rings. The monoisotopic (exact) mass is 256 g/mol. The fraction of sp³-hybridized carbons (Fsp3) is 0.789.